The van der Waals surface area contributed by atoms with E-state index in [0.717, 1.165) is 12.8 Å². The number of nitrogens with zero attached hydrogens (tertiary/aromatic N) is 2. The summed E-state index contributed by atoms with van der Waals surface area (Å²) in [5.74, 6) is 0. The van der Waals surface area contributed by atoms with Gasteiger partial charge in [0, 0.05) is 33.0 Å². The average molecular weight is 577 g/mol. The molecule has 0 fully saturated rings. The van der Waals surface area contributed by atoms with Crippen molar-refractivity contribution in [3.8, 4) is 33.6 Å². The Labute approximate surface area is 263 Å². The molecule has 0 unspecified atom stereocenters. The highest BCUT2D eigenvalue weighted by molar-refractivity contribution is 6.09. The number of benzene rings is 6. The lowest BCUT2D eigenvalue weighted by molar-refractivity contribution is 0.968. The zero-order valence-electron chi connectivity index (χ0n) is 25.2. The first-order valence-corrected chi connectivity index (χ1v) is 15.8. The zero-order chi connectivity index (χ0) is 29.9. The predicted octanol–water partition coefficient (Wildman–Crippen LogP) is 11.3. The summed E-state index contributed by atoms with van der Waals surface area (Å²) in [5.41, 5.74) is 15.0. The van der Waals surface area contributed by atoms with E-state index in [1.54, 1.807) is 0 Å². The molecular formula is C43H32N2. The third-order valence-corrected chi connectivity index (χ3v) is 9.46. The van der Waals surface area contributed by atoms with Crippen LogP contribution in [0.1, 0.15) is 23.2 Å². The van der Waals surface area contributed by atoms with Crippen molar-refractivity contribution in [1.29, 1.82) is 0 Å². The van der Waals surface area contributed by atoms with Crippen molar-refractivity contribution in [2.24, 2.45) is 0 Å². The van der Waals surface area contributed by atoms with Gasteiger partial charge in [0.2, 0.25) is 0 Å². The minimum atomic E-state index is 1.07. The Hall–Kier alpha value is -5.60. The Balaban J connectivity index is 1.32. The number of hydrogen-bond donors (Lipinski definition) is 0. The van der Waals surface area contributed by atoms with Gasteiger partial charge >= 0.3 is 0 Å². The summed E-state index contributed by atoms with van der Waals surface area (Å²) in [5, 5.41) is 3.90. The van der Waals surface area contributed by atoms with Gasteiger partial charge in [0.05, 0.1) is 27.9 Å². The van der Waals surface area contributed by atoms with Crippen LogP contribution in [0.5, 0.6) is 0 Å². The van der Waals surface area contributed by atoms with E-state index in [1.165, 1.54) is 83.2 Å². The molecule has 0 radical (unpaired) electrons. The van der Waals surface area contributed by atoms with Crippen molar-refractivity contribution in [2.45, 2.75) is 19.8 Å². The number of fused-ring (bicyclic) bond motifs is 6. The van der Waals surface area contributed by atoms with Crippen LogP contribution in [0, 0.1) is 6.92 Å². The second-order valence-corrected chi connectivity index (χ2v) is 12.1. The molecule has 0 bridgehead atoms. The number of rotatable bonds is 4. The lowest BCUT2D eigenvalue weighted by Gasteiger charge is -2.19. The molecule has 0 spiro atoms. The second-order valence-electron chi connectivity index (χ2n) is 12.1. The van der Waals surface area contributed by atoms with Gasteiger partial charge in [0.1, 0.15) is 0 Å². The van der Waals surface area contributed by atoms with Gasteiger partial charge in [-0.3, -0.25) is 0 Å². The highest BCUT2D eigenvalue weighted by Gasteiger charge is 2.22. The third kappa shape index (κ3) is 4.03. The first-order chi connectivity index (χ1) is 22.3. The quantitative estimate of drug-likeness (QED) is 0.197. The van der Waals surface area contributed by atoms with Crippen molar-refractivity contribution in [3.05, 3.63) is 162 Å². The summed E-state index contributed by atoms with van der Waals surface area (Å²) in [6, 6.07) is 51.2. The standard InChI is InChI=1S/C43H32N2/c1-29-13-12-14-30(27-29)37-28-31(25-26-43(37)45-41-23-10-5-18-35(41)36-19-6-11-24-42(36)45)32-15-2-7-20-38(32)44-39-21-8-3-16-33(39)34-17-4-9-22-40(34)44/h2-5,7-18,20-28H,6,19H2,1H3. The van der Waals surface area contributed by atoms with Gasteiger partial charge in [-0.1, -0.05) is 115 Å². The van der Waals surface area contributed by atoms with Crippen molar-refractivity contribution in [2.75, 3.05) is 0 Å². The molecule has 1 aliphatic rings. The van der Waals surface area contributed by atoms with Crippen molar-refractivity contribution >= 4 is 38.8 Å². The molecule has 2 heteroatoms. The normalized spacial score (nSPS) is 12.7. The average Bonchev–Trinajstić information content (AvgIpc) is 3.61. The lowest BCUT2D eigenvalue weighted by atomic mass is 9.95. The van der Waals surface area contributed by atoms with Gasteiger partial charge in [0.15, 0.2) is 0 Å². The van der Waals surface area contributed by atoms with Crippen LogP contribution in [0.4, 0.5) is 0 Å². The number of hydrogen-bond acceptors (Lipinski definition) is 0. The Bertz CT molecular complexity index is 2400. The molecule has 214 valence electrons. The number of para-hydroxylation sites is 4. The molecule has 0 saturated carbocycles. The summed E-state index contributed by atoms with van der Waals surface area (Å²) in [7, 11) is 0. The molecule has 0 atom stereocenters. The van der Waals surface area contributed by atoms with Crippen LogP contribution in [-0.2, 0) is 6.42 Å². The Kier molecular flexibility index (Phi) is 5.89. The van der Waals surface area contributed by atoms with Crippen molar-refractivity contribution in [1.82, 2.24) is 9.13 Å². The molecule has 1 aliphatic carbocycles. The number of allylic oxidation sites excluding steroid dienone is 1. The molecular weight excluding hydrogens is 544 g/mol. The third-order valence-electron chi connectivity index (χ3n) is 9.46. The van der Waals surface area contributed by atoms with Gasteiger partial charge in [-0.25, -0.2) is 0 Å². The minimum absolute atomic E-state index is 1.07. The fourth-order valence-electron chi connectivity index (χ4n) is 7.48. The highest BCUT2D eigenvalue weighted by Crippen LogP contribution is 2.41. The molecule has 2 nitrogen and oxygen atoms in total. The summed E-state index contributed by atoms with van der Waals surface area (Å²) in [4.78, 5) is 0. The maximum Gasteiger partial charge on any atom is 0.0541 e. The molecule has 2 aromatic heterocycles. The van der Waals surface area contributed by atoms with Gasteiger partial charge < -0.3 is 9.13 Å². The van der Waals surface area contributed by atoms with Gasteiger partial charge in [-0.15, -0.1) is 0 Å². The van der Waals surface area contributed by atoms with Crippen LogP contribution < -0.4 is 0 Å². The summed E-state index contributed by atoms with van der Waals surface area (Å²) in [6.45, 7) is 2.18. The molecule has 0 aliphatic heterocycles. The first kappa shape index (κ1) is 25.9. The van der Waals surface area contributed by atoms with Crippen molar-refractivity contribution in [3.63, 3.8) is 0 Å². The molecule has 0 N–H and O–H groups in total. The van der Waals surface area contributed by atoms with Crippen LogP contribution in [0.15, 0.2) is 146 Å². The minimum Gasteiger partial charge on any atom is -0.309 e. The van der Waals surface area contributed by atoms with E-state index < -0.39 is 0 Å². The fraction of sp³-hybridized carbons (Fsp3) is 0.0698. The summed E-state index contributed by atoms with van der Waals surface area (Å²) < 4.78 is 4.92. The Morgan fingerprint density at radius 2 is 1.11 bits per heavy atom. The predicted molar refractivity (Wildman–Crippen MR) is 191 cm³/mol. The molecule has 2 heterocycles. The lowest BCUT2D eigenvalue weighted by Crippen LogP contribution is -2.03. The monoisotopic (exact) mass is 576 g/mol. The fourth-order valence-corrected chi connectivity index (χ4v) is 7.48. The Morgan fingerprint density at radius 3 is 1.87 bits per heavy atom. The van der Waals surface area contributed by atoms with Crippen LogP contribution >= 0.6 is 0 Å². The molecule has 45 heavy (non-hydrogen) atoms. The summed E-state index contributed by atoms with van der Waals surface area (Å²) in [6.07, 6.45) is 6.80. The molecule has 8 aromatic rings. The number of aromatic nitrogens is 2. The van der Waals surface area contributed by atoms with E-state index in [2.05, 4.69) is 168 Å². The van der Waals surface area contributed by atoms with E-state index >= 15 is 0 Å². The molecule has 0 saturated heterocycles. The van der Waals surface area contributed by atoms with E-state index in [4.69, 9.17) is 0 Å². The van der Waals surface area contributed by atoms with Crippen LogP contribution in [0.25, 0.3) is 72.4 Å². The molecule has 0 amide bonds. The highest BCUT2D eigenvalue weighted by atomic mass is 15.0. The van der Waals surface area contributed by atoms with Gasteiger partial charge in [0.25, 0.3) is 0 Å². The Morgan fingerprint density at radius 1 is 0.489 bits per heavy atom. The van der Waals surface area contributed by atoms with E-state index in [1.807, 2.05) is 0 Å². The van der Waals surface area contributed by atoms with Crippen LogP contribution in [0.3, 0.4) is 0 Å². The topological polar surface area (TPSA) is 9.86 Å². The smallest absolute Gasteiger partial charge is 0.0541 e. The van der Waals surface area contributed by atoms with Gasteiger partial charge in [-0.2, -0.15) is 0 Å². The molecule has 6 aromatic carbocycles. The van der Waals surface area contributed by atoms with Crippen LogP contribution in [-0.4, -0.2) is 9.13 Å². The van der Waals surface area contributed by atoms with E-state index in [-0.39, 0.29) is 0 Å². The van der Waals surface area contributed by atoms with Crippen LogP contribution in [0.2, 0.25) is 0 Å². The van der Waals surface area contributed by atoms with E-state index in [9.17, 15) is 0 Å². The van der Waals surface area contributed by atoms with Crippen molar-refractivity contribution < 1.29 is 0 Å². The van der Waals surface area contributed by atoms with E-state index in [0.29, 0.717) is 0 Å². The van der Waals surface area contributed by atoms with Gasteiger partial charge in [-0.05, 0) is 78.9 Å². The number of aryl methyl sites for hydroxylation is 2. The zero-order valence-corrected chi connectivity index (χ0v) is 25.2. The maximum absolute atomic E-state index is 2.49. The molecule has 9 rings (SSSR count). The summed E-state index contributed by atoms with van der Waals surface area (Å²) >= 11 is 0. The second kappa shape index (κ2) is 10.2. The largest absolute Gasteiger partial charge is 0.309 e. The maximum atomic E-state index is 2.49. The first-order valence-electron chi connectivity index (χ1n) is 15.8. The SMILES string of the molecule is Cc1cccc(-c2cc(-c3ccccc3-n3c4ccccc4c4ccccc43)ccc2-n2c3c(c4ccccc42)CCC=C3)c1.